The molecule has 0 fully saturated rings. The molecule has 0 saturated heterocycles. The Morgan fingerprint density at radius 1 is 1.44 bits per heavy atom. The normalized spacial score (nSPS) is 12.1. The molecule has 0 aliphatic carbocycles. The smallest absolute Gasteiger partial charge is 0.323 e. The van der Waals surface area contributed by atoms with Crippen molar-refractivity contribution in [2.45, 2.75) is 19.4 Å². The summed E-state index contributed by atoms with van der Waals surface area (Å²) in [5, 5.41) is 0. The Morgan fingerprint density at radius 3 is 2.67 bits per heavy atom. The molecule has 0 saturated carbocycles. The lowest BCUT2D eigenvalue weighted by Gasteiger charge is -2.13. The number of hydrogen-bond donors (Lipinski definition) is 1. The molecule has 0 spiro atoms. The van der Waals surface area contributed by atoms with Crippen molar-refractivity contribution in [2.75, 3.05) is 13.7 Å². The second-order valence-corrected chi connectivity index (χ2v) is 3.64. The van der Waals surface area contributed by atoms with Crippen LogP contribution in [0.25, 0.3) is 0 Å². The third-order valence-electron chi connectivity index (χ3n) is 2.32. The van der Waals surface area contributed by atoms with E-state index >= 15 is 0 Å². The van der Waals surface area contributed by atoms with Gasteiger partial charge in [-0.15, -0.1) is 0 Å². The van der Waals surface area contributed by atoms with Gasteiger partial charge in [-0.2, -0.15) is 0 Å². The van der Waals surface area contributed by atoms with Crippen LogP contribution in [0, 0.1) is 11.6 Å². The van der Waals surface area contributed by atoms with Crippen LogP contribution in [0.3, 0.4) is 0 Å². The molecular formula is C12H15F2NO3. The molecular weight excluding hydrogens is 244 g/mol. The minimum Gasteiger partial charge on any atom is -0.493 e. The summed E-state index contributed by atoms with van der Waals surface area (Å²) in [7, 11) is 1.26. The molecule has 18 heavy (non-hydrogen) atoms. The van der Waals surface area contributed by atoms with Crippen LogP contribution in [-0.4, -0.2) is 25.7 Å². The quantitative estimate of drug-likeness (QED) is 0.812. The maximum Gasteiger partial charge on any atom is 0.323 e. The van der Waals surface area contributed by atoms with E-state index in [4.69, 9.17) is 15.2 Å². The number of carbonyl (C=O) groups excluding carboxylic acids is 1. The van der Waals surface area contributed by atoms with E-state index in [0.717, 1.165) is 6.07 Å². The molecule has 0 bridgehead atoms. The van der Waals surface area contributed by atoms with Crippen LogP contribution >= 0.6 is 0 Å². The molecule has 1 unspecified atom stereocenters. The van der Waals surface area contributed by atoms with Crippen molar-refractivity contribution in [2.24, 2.45) is 5.73 Å². The summed E-state index contributed by atoms with van der Waals surface area (Å²) in [6, 6.07) is 0.805. The Labute approximate surface area is 104 Å². The fraction of sp³-hybridized carbons (Fsp3) is 0.417. The number of rotatable bonds is 5. The van der Waals surface area contributed by atoms with Gasteiger partial charge in [0.25, 0.3) is 0 Å². The Hall–Kier alpha value is -1.69. The first kappa shape index (κ1) is 14.4. The van der Waals surface area contributed by atoms with Crippen molar-refractivity contribution >= 4 is 5.97 Å². The van der Waals surface area contributed by atoms with Crippen molar-refractivity contribution < 1.29 is 23.0 Å². The van der Waals surface area contributed by atoms with Gasteiger partial charge < -0.3 is 15.2 Å². The first-order valence-electron chi connectivity index (χ1n) is 5.43. The molecule has 0 aromatic heterocycles. The van der Waals surface area contributed by atoms with Gasteiger partial charge in [-0.3, -0.25) is 4.79 Å². The van der Waals surface area contributed by atoms with Crippen LogP contribution in [0.5, 0.6) is 5.75 Å². The van der Waals surface area contributed by atoms with Crippen LogP contribution in [0.2, 0.25) is 0 Å². The largest absolute Gasteiger partial charge is 0.493 e. The molecule has 1 aromatic carbocycles. The van der Waals surface area contributed by atoms with E-state index < -0.39 is 23.6 Å². The van der Waals surface area contributed by atoms with Crippen molar-refractivity contribution in [3.8, 4) is 5.75 Å². The Morgan fingerprint density at radius 2 is 2.11 bits per heavy atom. The van der Waals surface area contributed by atoms with Crippen LogP contribution in [-0.2, 0) is 16.0 Å². The highest BCUT2D eigenvalue weighted by Crippen LogP contribution is 2.25. The monoisotopic (exact) mass is 259 g/mol. The van der Waals surface area contributed by atoms with Crippen LogP contribution in [0.1, 0.15) is 12.5 Å². The Bertz CT molecular complexity index is 438. The van der Waals surface area contributed by atoms with Crippen molar-refractivity contribution in [3.63, 3.8) is 0 Å². The molecule has 0 aliphatic heterocycles. The summed E-state index contributed by atoms with van der Waals surface area (Å²) in [5.41, 5.74) is 5.77. The zero-order chi connectivity index (χ0) is 13.7. The third kappa shape index (κ3) is 3.40. The average molecular weight is 259 g/mol. The minimum absolute atomic E-state index is 0.0588. The van der Waals surface area contributed by atoms with Crippen LogP contribution < -0.4 is 10.5 Å². The molecule has 0 heterocycles. The van der Waals surface area contributed by atoms with E-state index in [1.165, 1.54) is 7.11 Å². The van der Waals surface area contributed by atoms with E-state index in [2.05, 4.69) is 0 Å². The highest BCUT2D eigenvalue weighted by Gasteiger charge is 2.20. The van der Waals surface area contributed by atoms with Gasteiger partial charge in [0, 0.05) is 18.1 Å². The van der Waals surface area contributed by atoms with Gasteiger partial charge in [-0.25, -0.2) is 8.78 Å². The Balaban J connectivity index is 2.93. The number of methoxy groups -OCH3 is 1. The SMILES string of the molecule is CCOC(=O)C(N)Cc1cc(F)cc(F)c1OC. The molecule has 1 atom stereocenters. The zero-order valence-electron chi connectivity index (χ0n) is 10.2. The molecule has 6 heteroatoms. The number of esters is 1. The number of halogens is 2. The summed E-state index contributed by atoms with van der Waals surface area (Å²) in [5.74, 6) is -2.32. The van der Waals surface area contributed by atoms with Crippen molar-refractivity contribution in [1.82, 2.24) is 0 Å². The molecule has 0 radical (unpaired) electrons. The van der Waals surface area contributed by atoms with Gasteiger partial charge in [0.1, 0.15) is 11.9 Å². The Kier molecular flexibility index (Phi) is 5.03. The van der Waals surface area contributed by atoms with Gasteiger partial charge in [0.2, 0.25) is 0 Å². The van der Waals surface area contributed by atoms with Gasteiger partial charge in [-0.1, -0.05) is 0 Å². The maximum atomic E-state index is 13.4. The highest BCUT2D eigenvalue weighted by molar-refractivity contribution is 5.76. The molecule has 0 aliphatic rings. The van der Waals surface area contributed by atoms with E-state index in [1.54, 1.807) is 6.92 Å². The average Bonchev–Trinajstić information content (AvgIpc) is 2.28. The number of nitrogens with two attached hydrogens (primary N) is 1. The van der Waals surface area contributed by atoms with Gasteiger partial charge >= 0.3 is 5.97 Å². The molecule has 2 N–H and O–H groups in total. The predicted octanol–water partition coefficient (Wildman–Crippen LogP) is 1.41. The molecule has 100 valence electrons. The van der Waals surface area contributed by atoms with E-state index in [-0.39, 0.29) is 24.3 Å². The first-order chi connectivity index (χ1) is 8.49. The van der Waals surface area contributed by atoms with Crippen molar-refractivity contribution in [1.29, 1.82) is 0 Å². The van der Waals surface area contributed by atoms with Gasteiger partial charge in [0.05, 0.1) is 13.7 Å². The topological polar surface area (TPSA) is 61.5 Å². The van der Waals surface area contributed by atoms with E-state index in [0.29, 0.717) is 6.07 Å². The minimum atomic E-state index is -0.986. The first-order valence-corrected chi connectivity index (χ1v) is 5.43. The number of ether oxygens (including phenoxy) is 2. The van der Waals surface area contributed by atoms with Gasteiger partial charge in [-0.05, 0) is 13.0 Å². The lowest BCUT2D eigenvalue weighted by molar-refractivity contribution is -0.144. The maximum absolute atomic E-state index is 13.4. The van der Waals surface area contributed by atoms with Crippen LogP contribution in [0.15, 0.2) is 12.1 Å². The van der Waals surface area contributed by atoms with Gasteiger partial charge in [0.15, 0.2) is 11.6 Å². The lowest BCUT2D eigenvalue weighted by atomic mass is 10.0. The standard InChI is InChI=1S/C12H15F2NO3/c1-3-18-12(16)10(15)5-7-4-8(13)6-9(14)11(7)17-2/h4,6,10H,3,5,15H2,1-2H3. The molecule has 1 aromatic rings. The fourth-order valence-corrected chi connectivity index (χ4v) is 1.56. The molecule has 0 amide bonds. The summed E-state index contributed by atoms with van der Waals surface area (Å²) >= 11 is 0. The predicted molar refractivity (Wildman–Crippen MR) is 61.2 cm³/mol. The summed E-state index contributed by atoms with van der Waals surface area (Å²) in [4.78, 5) is 11.3. The molecule has 4 nitrogen and oxygen atoms in total. The highest BCUT2D eigenvalue weighted by atomic mass is 19.1. The van der Waals surface area contributed by atoms with E-state index in [1.807, 2.05) is 0 Å². The number of carbonyl (C=O) groups is 1. The molecule has 1 rings (SSSR count). The summed E-state index contributed by atoms with van der Waals surface area (Å²) in [6.45, 7) is 1.84. The lowest BCUT2D eigenvalue weighted by Crippen LogP contribution is -2.34. The number of benzene rings is 1. The summed E-state index contributed by atoms with van der Waals surface area (Å²) in [6.07, 6.45) is -0.0588. The second kappa shape index (κ2) is 6.30. The summed E-state index contributed by atoms with van der Waals surface area (Å²) < 4.78 is 36.0. The zero-order valence-corrected chi connectivity index (χ0v) is 10.2. The second-order valence-electron chi connectivity index (χ2n) is 3.64. The van der Waals surface area contributed by atoms with Crippen LogP contribution in [0.4, 0.5) is 8.78 Å². The fourth-order valence-electron chi connectivity index (χ4n) is 1.56. The third-order valence-corrected chi connectivity index (χ3v) is 2.32. The van der Waals surface area contributed by atoms with E-state index in [9.17, 15) is 13.6 Å². The number of hydrogen-bond acceptors (Lipinski definition) is 4. The van der Waals surface area contributed by atoms with Crippen molar-refractivity contribution in [3.05, 3.63) is 29.3 Å².